The lowest BCUT2D eigenvalue weighted by Crippen LogP contribution is -2.38. The molecule has 0 bridgehead atoms. The minimum absolute atomic E-state index is 1.17. The van der Waals surface area contributed by atoms with Gasteiger partial charge in [-0.2, -0.15) is 0 Å². The van der Waals surface area contributed by atoms with E-state index >= 15 is 0 Å². The van der Waals surface area contributed by atoms with E-state index < -0.39 is 0 Å². The third kappa shape index (κ3) is 1.74. The number of nitrogens with zero attached hydrogens (tertiary/aromatic N) is 1. The molecule has 2 aromatic rings. The fourth-order valence-electron chi connectivity index (χ4n) is 2.39. The highest BCUT2D eigenvalue weighted by Gasteiger charge is 2.13. The summed E-state index contributed by atoms with van der Waals surface area (Å²) in [6.07, 6.45) is 4.72. The number of benzene rings is 1. The second-order valence-corrected chi connectivity index (χ2v) is 4.81. The third-order valence-corrected chi connectivity index (χ3v) is 3.57. The van der Waals surface area contributed by atoms with Crippen LogP contribution in [0.25, 0.3) is 10.9 Å². The molecular weight excluding hydrogens is 196 g/mol. The largest absolute Gasteiger partial charge is 0.361 e. The van der Waals surface area contributed by atoms with Crippen LogP contribution in [0.2, 0.25) is 0 Å². The van der Waals surface area contributed by atoms with Gasteiger partial charge in [0.15, 0.2) is 0 Å². The molecule has 2 heterocycles. The first-order chi connectivity index (χ1) is 7.83. The molecule has 1 aromatic heterocycles. The van der Waals surface area contributed by atoms with Gasteiger partial charge in [-0.25, -0.2) is 0 Å². The van der Waals surface area contributed by atoms with Gasteiger partial charge in [-0.1, -0.05) is 12.1 Å². The van der Waals surface area contributed by atoms with Crippen LogP contribution in [0.4, 0.5) is 0 Å². The van der Waals surface area contributed by atoms with Gasteiger partial charge in [0.2, 0.25) is 0 Å². The van der Waals surface area contributed by atoms with Crippen LogP contribution in [0, 0.1) is 6.92 Å². The lowest BCUT2D eigenvalue weighted by Gasteiger charge is -2.30. The van der Waals surface area contributed by atoms with Crippen LogP contribution in [0.1, 0.15) is 17.5 Å². The molecule has 1 aromatic carbocycles. The predicted molar refractivity (Wildman–Crippen MR) is 67.8 cm³/mol. The molecule has 0 spiro atoms. The van der Waals surface area contributed by atoms with E-state index in [1.54, 1.807) is 0 Å². The number of aromatic amines is 1. The fourth-order valence-corrected chi connectivity index (χ4v) is 2.39. The summed E-state index contributed by atoms with van der Waals surface area (Å²) in [5.74, 6) is 0. The van der Waals surface area contributed by atoms with Crippen molar-refractivity contribution in [3.05, 3.63) is 35.5 Å². The number of hydrogen-bond acceptors (Lipinski definition) is 1. The van der Waals surface area contributed by atoms with E-state index in [9.17, 15) is 0 Å². The highest BCUT2D eigenvalue weighted by atomic mass is 15.2. The minimum Gasteiger partial charge on any atom is -0.361 e. The zero-order chi connectivity index (χ0) is 11.0. The van der Waals surface area contributed by atoms with Gasteiger partial charge in [-0.05, 0) is 50.0 Å². The molecule has 0 unspecified atom stereocenters. The van der Waals surface area contributed by atoms with Gasteiger partial charge in [0, 0.05) is 23.6 Å². The maximum Gasteiger partial charge on any atom is 0.0459 e. The van der Waals surface area contributed by atoms with E-state index in [0.29, 0.717) is 0 Å². The number of hydrogen-bond donors (Lipinski definition) is 1. The standard InChI is InChI=1S/C14H18N2/c1-11-3-4-13-12(10-15-14(13)9-11)5-8-16-6-2-7-16/h3-4,9-10,15H,2,5-8H2,1H3. The van der Waals surface area contributed by atoms with Crippen LogP contribution in [0.15, 0.2) is 24.4 Å². The van der Waals surface area contributed by atoms with Crippen molar-refractivity contribution in [2.24, 2.45) is 0 Å². The van der Waals surface area contributed by atoms with Crippen molar-refractivity contribution < 1.29 is 0 Å². The number of likely N-dealkylation sites (tertiary alicyclic amines) is 1. The molecule has 0 radical (unpaired) electrons. The Bertz CT molecular complexity index is 494. The number of aryl methyl sites for hydroxylation is 1. The monoisotopic (exact) mass is 214 g/mol. The summed E-state index contributed by atoms with van der Waals surface area (Å²) in [6, 6.07) is 6.67. The van der Waals surface area contributed by atoms with Crippen LogP contribution in [0.5, 0.6) is 0 Å². The van der Waals surface area contributed by atoms with Crippen LogP contribution in [-0.2, 0) is 6.42 Å². The Balaban J connectivity index is 1.80. The lowest BCUT2D eigenvalue weighted by molar-refractivity contribution is 0.184. The number of H-pyrrole nitrogens is 1. The van der Waals surface area contributed by atoms with Crippen molar-refractivity contribution in [1.82, 2.24) is 9.88 Å². The first kappa shape index (κ1) is 9.91. The highest BCUT2D eigenvalue weighted by Crippen LogP contribution is 2.20. The van der Waals surface area contributed by atoms with Crippen LogP contribution >= 0.6 is 0 Å². The average Bonchev–Trinajstić information content (AvgIpc) is 2.58. The van der Waals surface area contributed by atoms with Crippen molar-refractivity contribution in [1.29, 1.82) is 0 Å². The molecule has 3 rings (SSSR count). The van der Waals surface area contributed by atoms with Crippen molar-refractivity contribution in [2.45, 2.75) is 19.8 Å². The van der Waals surface area contributed by atoms with Crippen LogP contribution < -0.4 is 0 Å². The predicted octanol–water partition coefficient (Wildman–Crippen LogP) is 2.72. The molecule has 2 heteroatoms. The van der Waals surface area contributed by atoms with Gasteiger partial charge in [0.1, 0.15) is 0 Å². The Morgan fingerprint density at radius 2 is 2.19 bits per heavy atom. The van der Waals surface area contributed by atoms with Gasteiger partial charge in [-0.3, -0.25) is 0 Å². The molecule has 0 saturated carbocycles. The zero-order valence-electron chi connectivity index (χ0n) is 9.79. The molecule has 0 aliphatic carbocycles. The van der Waals surface area contributed by atoms with Gasteiger partial charge < -0.3 is 9.88 Å². The van der Waals surface area contributed by atoms with Gasteiger partial charge >= 0.3 is 0 Å². The van der Waals surface area contributed by atoms with E-state index in [1.165, 1.54) is 54.5 Å². The molecule has 1 N–H and O–H groups in total. The summed E-state index contributed by atoms with van der Waals surface area (Å²) in [5.41, 5.74) is 4.06. The summed E-state index contributed by atoms with van der Waals surface area (Å²) in [6.45, 7) is 5.93. The number of aromatic nitrogens is 1. The van der Waals surface area contributed by atoms with Gasteiger partial charge in [0.05, 0.1) is 0 Å². The Hall–Kier alpha value is -1.28. The van der Waals surface area contributed by atoms with E-state index in [0.717, 1.165) is 0 Å². The molecule has 0 atom stereocenters. The Labute approximate surface area is 96.3 Å². The maximum atomic E-state index is 3.37. The molecule has 1 aliphatic heterocycles. The summed E-state index contributed by atoms with van der Waals surface area (Å²) in [4.78, 5) is 5.89. The normalized spacial score (nSPS) is 16.6. The molecule has 1 fully saturated rings. The fraction of sp³-hybridized carbons (Fsp3) is 0.429. The Morgan fingerprint density at radius 3 is 2.94 bits per heavy atom. The van der Waals surface area contributed by atoms with Crippen molar-refractivity contribution >= 4 is 10.9 Å². The van der Waals surface area contributed by atoms with Crippen LogP contribution in [0.3, 0.4) is 0 Å². The maximum absolute atomic E-state index is 3.37. The second-order valence-electron chi connectivity index (χ2n) is 4.81. The number of nitrogens with one attached hydrogen (secondary N) is 1. The van der Waals surface area contributed by atoms with Crippen molar-refractivity contribution in [3.63, 3.8) is 0 Å². The van der Waals surface area contributed by atoms with Crippen molar-refractivity contribution in [2.75, 3.05) is 19.6 Å². The first-order valence-electron chi connectivity index (χ1n) is 6.12. The molecular formula is C14H18N2. The molecule has 1 aliphatic rings. The smallest absolute Gasteiger partial charge is 0.0459 e. The van der Waals surface area contributed by atoms with Gasteiger partial charge in [0.25, 0.3) is 0 Å². The third-order valence-electron chi connectivity index (χ3n) is 3.57. The Kier molecular flexibility index (Phi) is 2.44. The SMILES string of the molecule is Cc1ccc2c(CCN3CCC3)c[nH]c2c1. The lowest BCUT2D eigenvalue weighted by atomic mass is 10.1. The molecule has 0 amide bonds. The minimum atomic E-state index is 1.17. The topological polar surface area (TPSA) is 19.0 Å². The quantitative estimate of drug-likeness (QED) is 0.832. The first-order valence-corrected chi connectivity index (χ1v) is 6.12. The summed E-state index contributed by atoms with van der Waals surface area (Å²) < 4.78 is 0. The zero-order valence-corrected chi connectivity index (χ0v) is 9.79. The molecule has 2 nitrogen and oxygen atoms in total. The Morgan fingerprint density at radius 1 is 1.31 bits per heavy atom. The molecule has 16 heavy (non-hydrogen) atoms. The van der Waals surface area contributed by atoms with E-state index in [4.69, 9.17) is 0 Å². The van der Waals surface area contributed by atoms with E-state index in [1.807, 2.05) is 0 Å². The van der Waals surface area contributed by atoms with Gasteiger partial charge in [-0.15, -0.1) is 0 Å². The molecule has 1 saturated heterocycles. The van der Waals surface area contributed by atoms with Crippen LogP contribution in [-0.4, -0.2) is 29.5 Å². The highest BCUT2D eigenvalue weighted by molar-refractivity contribution is 5.83. The van der Waals surface area contributed by atoms with E-state index in [2.05, 4.69) is 41.2 Å². The number of rotatable bonds is 3. The summed E-state index contributed by atoms with van der Waals surface area (Å²) in [5, 5.41) is 1.39. The second kappa shape index (κ2) is 3.95. The summed E-state index contributed by atoms with van der Waals surface area (Å²) in [7, 11) is 0. The van der Waals surface area contributed by atoms with E-state index in [-0.39, 0.29) is 0 Å². The number of fused-ring (bicyclic) bond motifs is 1. The summed E-state index contributed by atoms with van der Waals surface area (Å²) >= 11 is 0. The average molecular weight is 214 g/mol. The molecule has 84 valence electrons. The van der Waals surface area contributed by atoms with Crippen molar-refractivity contribution in [3.8, 4) is 0 Å².